The molecule has 340 valence electrons. The minimum atomic E-state index is -7.22. The molecule has 0 aliphatic rings. The van der Waals surface area contributed by atoms with E-state index in [2.05, 4.69) is 0 Å². The molecule has 2 aromatic heterocycles. The second kappa shape index (κ2) is 18.1. The van der Waals surface area contributed by atoms with Crippen molar-refractivity contribution in [2.24, 2.45) is 0 Å². The summed E-state index contributed by atoms with van der Waals surface area (Å²) in [5.41, 5.74) is -14.3. The minimum Gasteiger partial charge on any atom is -0.481 e. The van der Waals surface area contributed by atoms with E-state index in [9.17, 15) is 62.3 Å². The molecule has 6 rings (SSSR count). The molecule has 0 fully saturated rings. The fourth-order valence-electron chi connectivity index (χ4n) is 6.26. The molecule has 0 radical (unpaired) electrons. The van der Waals surface area contributed by atoms with E-state index in [-0.39, 0.29) is 12.8 Å². The van der Waals surface area contributed by atoms with Gasteiger partial charge in [0.05, 0.1) is 0 Å². The van der Waals surface area contributed by atoms with Crippen LogP contribution in [0.4, 0.5) is 87.8 Å². The first kappa shape index (κ1) is 48.8. The molecular formula is C36H10BF20IO6. The molecule has 0 saturated carbocycles. The summed E-state index contributed by atoms with van der Waals surface area (Å²) >= 11 is -0.701. The highest BCUT2D eigenvalue weighted by molar-refractivity contribution is 7.20. The zero-order valence-corrected chi connectivity index (χ0v) is 31.9. The number of aliphatic carboxylic acids is 2. The van der Waals surface area contributed by atoms with E-state index in [1.54, 1.807) is 24.3 Å². The molecule has 6 nitrogen and oxygen atoms in total. The molecule has 28 heteroatoms. The first-order valence-electron chi connectivity index (χ1n) is 16.2. The quantitative estimate of drug-likeness (QED) is 0.0706. The van der Waals surface area contributed by atoms with E-state index in [0.29, 0.717) is 19.1 Å². The summed E-state index contributed by atoms with van der Waals surface area (Å²) in [5, 5.41) is 17.3. The Kier molecular flexibility index (Phi) is 13.8. The van der Waals surface area contributed by atoms with Crippen LogP contribution in [-0.2, 0) is 22.4 Å². The molecule has 0 atom stereocenters. The summed E-state index contributed by atoms with van der Waals surface area (Å²) in [4.78, 5) is 21.0. The third kappa shape index (κ3) is 8.10. The lowest BCUT2D eigenvalue weighted by molar-refractivity contribution is -0.636. The monoisotopic (exact) mass is 1060 g/mol. The molecule has 0 unspecified atom stereocenters. The maximum absolute atomic E-state index is 15.4. The molecule has 0 amide bonds. The molecule has 0 spiro atoms. The number of carbonyl (C=O) groups is 2. The maximum atomic E-state index is 15.4. The molecule has 0 saturated heterocycles. The number of carboxylic acids is 2. The summed E-state index contributed by atoms with van der Waals surface area (Å²) in [6.45, 7) is 0. The van der Waals surface area contributed by atoms with Gasteiger partial charge in [-0.1, -0.05) is 0 Å². The highest BCUT2D eigenvalue weighted by Crippen LogP contribution is 2.30. The van der Waals surface area contributed by atoms with Crippen LogP contribution in [0.3, 0.4) is 0 Å². The van der Waals surface area contributed by atoms with Gasteiger partial charge in [-0.2, -0.15) is 0 Å². The first-order chi connectivity index (χ1) is 29.7. The van der Waals surface area contributed by atoms with Gasteiger partial charge in [-0.25, -0.2) is 87.8 Å². The fourth-order valence-corrected chi connectivity index (χ4v) is 8.29. The Bertz CT molecular complexity index is 2470. The standard InChI is InChI=1S/C24BF20.C12H9IO6/c26-5-1(6(27)14(35)21(42)13(5)34)25(2-7(28)15(36)22(43)16(37)8(2)29,3-9(30)17(38)23(44)18(39)10(3)31)4-11(32)19(40)24(45)20(41)12(4)33;14-11(15)5-7-1-3-9(18-7)13-10-4-2-8(19-10)6-12(16)17/h;1-4H,5-6H2,(H-,14,15,16,17)/q-1;/p+1. The topological polar surface area (TPSA) is 101 Å². The number of rotatable bonds is 10. The van der Waals surface area contributed by atoms with E-state index in [1.807, 2.05) is 0 Å². The molecule has 6 aromatic rings. The second-order valence-corrected chi connectivity index (χ2v) is 15.1. The highest BCUT2D eigenvalue weighted by Gasteiger charge is 2.52. The van der Waals surface area contributed by atoms with Gasteiger partial charge in [0.25, 0.3) is 0 Å². The molecular weight excluding hydrogens is 1050 g/mol. The van der Waals surface area contributed by atoms with Crippen molar-refractivity contribution in [1.29, 1.82) is 0 Å². The minimum absolute atomic E-state index is 0.147. The predicted molar refractivity (Wildman–Crippen MR) is 167 cm³/mol. The normalized spacial score (nSPS) is 11.6. The van der Waals surface area contributed by atoms with E-state index in [4.69, 9.17) is 19.0 Å². The Morgan fingerprint density at radius 1 is 0.359 bits per heavy atom. The Hall–Kier alpha value is -6.23. The van der Waals surface area contributed by atoms with Gasteiger partial charge in [0.1, 0.15) is 77.0 Å². The lowest BCUT2D eigenvalue weighted by atomic mass is 9.12. The van der Waals surface area contributed by atoms with Crippen molar-refractivity contribution in [2.45, 2.75) is 12.8 Å². The Morgan fingerprint density at radius 3 is 0.734 bits per heavy atom. The van der Waals surface area contributed by atoms with Crippen molar-refractivity contribution in [3.8, 4) is 0 Å². The number of carboxylic acid groups (broad SMARTS) is 2. The number of halogens is 21. The average Bonchev–Trinajstić information content (AvgIpc) is 3.88. The van der Waals surface area contributed by atoms with Crippen molar-refractivity contribution < 1.29 is 138 Å². The van der Waals surface area contributed by atoms with Crippen LogP contribution in [0.15, 0.2) is 33.1 Å². The lowest BCUT2D eigenvalue weighted by Crippen LogP contribution is -3.61. The van der Waals surface area contributed by atoms with E-state index < -0.39 is 177 Å². The summed E-state index contributed by atoms with van der Waals surface area (Å²) in [7, 11) is 0. The Morgan fingerprint density at radius 2 is 0.547 bits per heavy atom. The summed E-state index contributed by atoms with van der Waals surface area (Å²) in [6, 6.07) is 6.71. The van der Waals surface area contributed by atoms with Gasteiger partial charge in [-0.3, -0.25) is 9.59 Å². The molecule has 4 aromatic carbocycles. The van der Waals surface area contributed by atoms with Crippen LogP contribution in [0.2, 0.25) is 0 Å². The number of hydrogen-bond donors (Lipinski definition) is 2. The zero-order valence-electron chi connectivity index (χ0n) is 29.8. The average molecular weight is 1060 g/mol. The van der Waals surface area contributed by atoms with Crippen LogP contribution in [0, 0.1) is 124 Å². The number of benzene rings is 4. The Balaban J connectivity index is 0.000000337. The van der Waals surface area contributed by atoms with Gasteiger partial charge < -0.3 is 19.0 Å². The van der Waals surface area contributed by atoms with Crippen molar-refractivity contribution >= 4 is 39.9 Å². The van der Waals surface area contributed by atoms with Gasteiger partial charge in [0.2, 0.25) is 0 Å². The van der Waals surface area contributed by atoms with E-state index in [0.717, 1.165) is 0 Å². The third-order valence-corrected chi connectivity index (χ3v) is 11.0. The van der Waals surface area contributed by atoms with E-state index >= 15 is 35.1 Å². The zero-order chi connectivity index (χ0) is 48.2. The lowest BCUT2D eigenvalue weighted by Gasteiger charge is -2.44. The van der Waals surface area contributed by atoms with Crippen molar-refractivity contribution in [2.75, 3.05) is 0 Å². The Labute approximate surface area is 349 Å². The van der Waals surface area contributed by atoms with Crippen LogP contribution in [-0.4, -0.2) is 28.3 Å². The SMILES string of the molecule is Fc1c(F)c(F)c([B-](c2c(F)c(F)c(F)c(F)c2F)(c2c(F)c(F)c(F)c(F)c2F)c2c(F)c(F)c(F)c(F)c2F)c(F)c1F.O=C(O)Cc1ccc([I+]c2ccc(CC(=O)O)o2)o1. The van der Waals surface area contributed by atoms with Crippen molar-refractivity contribution in [3.63, 3.8) is 0 Å². The van der Waals surface area contributed by atoms with Gasteiger partial charge >= 0.3 is 40.7 Å². The van der Waals surface area contributed by atoms with Crippen LogP contribution in [0.5, 0.6) is 0 Å². The maximum Gasteiger partial charge on any atom is 0.442 e. The predicted octanol–water partition coefficient (Wildman–Crippen LogP) is 4.10. The summed E-state index contributed by atoms with van der Waals surface area (Å²) in [6.07, 6.45) is -7.51. The molecule has 0 aliphatic heterocycles. The molecule has 64 heavy (non-hydrogen) atoms. The van der Waals surface area contributed by atoms with Gasteiger partial charge in [-0.15, -0.1) is 21.9 Å². The van der Waals surface area contributed by atoms with Gasteiger partial charge in [0, 0.05) is 12.1 Å². The van der Waals surface area contributed by atoms with Crippen LogP contribution in [0.25, 0.3) is 0 Å². The van der Waals surface area contributed by atoms with Gasteiger partial charge in [-0.05, 0) is 12.1 Å². The first-order valence-corrected chi connectivity index (χ1v) is 18.4. The van der Waals surface area contributed by atoms with Crippen LogP contribution < -0.4 is 43.1 Å². The van der Waals surface area contributed by atoms with Crippen LogP contribution in [0.1, 0.15) is 11.5 Å². The van der Waals surface area contributed by atoms with Crippen LogP contribution >= 0.6 is 0 Å². The number of furan rings is 2. The largest absolute Gasteiger partial charge is 0.481 e. The number of hydrogen-bond acceptors (Lipinski definition) is 4. The fraction of sp³-hybridized carbons (Fsp3) is 0.0556. The molecule has 0 aliphatic carbocycles. The third-order valence-electron chi connectivity index (χ3n) is 8.80. The van der Waals surface area contributed by atoms with Gasteiger partial charge in [0.15, 0.2) is 69.8 Å². The smallest absolute Gasteiger partial charge is 0.442 e. The summed E-state index contributed by atoms with van der Waals surface area (Å²) < 4.78 is 306. The second-order valence-electron chi connectivity index (χ2n) is 12.4. The molecule has 2 N–H and O–H groups in total. The summed E-state index contributed by atoms with van der Waals surface area (Å²) in [5.74, 6) is -72.5. The van der Waals surface area contributed by atoms with Crippen molar-refractivity contribution in [3.05, 3.63) is 160 Å². The van der Waals surface area contributed by atoms with Crippen molar-refractivity contribution in [1.82, 2.24) is 0 Å². The van der Waals surface area contributed by atoms with E-state index in [1.165, 1.54) is 0 Å². The molecule has 2 heterocycles. The molecule has 0 bridgehead atoms. The highest BCUT2D eigenvalue weighted by atomic mass is 127.